The number of hydrogen-bond acceptors (Lipinski definition) is 0. The monoisotopic (exact) mass is 237 g/mol. The lowest BCUT2D eigenvalue weighted by atomic mass is 10.2. The second-order valence-corrected chi connectivity index (χ2v) is 4.36. The maximum Gasteiger partial charge on any atom is 0.0483 e. The van der Waals surface area contributed by atoms with Crippen LogP contribution in [0.4, 0.5) is 0 Å². The van der Waals surface area contributed by atoms with Gasteiger partial charge in [-0.15, -0.1) is 0 Å². The van der Waals surface area contributed by atoms with Crippen LogP contribution < -0.4 is 0 Å². The van der Waals surface area contributed by atoms with Gasteiger partial charge >= 0.3 is 0 Å². The summed E-state index contributed by atoms with van der Waals surface area (Å²) in [4.78, 5) is 0. The Hall–Kier alpha value is -0.760. The predicted octanol–water partition coefficient (Wildman–Crippen LogP) is 3.56. The molecule has 1 heterocycles. The van der Waals surface area contributed by atoms with Crippen molar-refractivity contribution in [2.75, 3.05) is 0 Å². The van der Waals surface area contributed by atoms with Gasteiger partial charge in [-0.1, -0.05) is 15.9 Å². The highest BCUT2D eigenvalue weighted by Gasteiger charge is 2.04. The number of benzene rings is 1. The average Bonchev–Trinajstić information content (AvgIpc) is 2.32. The van der Waals surface area contributed by atoms with E-state index < -0.39 is 0 Å². The normalized spacial score (nSPS) is 11.1. The van der Waals surface area contributed by atoms with E-state index in [9.17, 15) is 0 Å². The van der Waals surface area contributed by atoms with Gasteiger partial charge in [0, 0.05) is 28.1 Å². The molecule has 2 aromatic rings. The van der Waals surface area contributed by atoms with Crippen molar-refractivity contribution in [2.45, 2.75) is 13.8 Å². The molecular formula is C11H12BrN. The Morgan fingerprint density at radius 1 is 1.15 bits per heavy atom. The minimum Gasteiger partial charge on any atom is -0.348 e. The standard InChI is InChI=1S/C11H12BrN/c1-7-4-11-9(6-10(7)12)5-8(2)13(11)3/h4-6H,1-3H3. The Bertz CT molecular complexity index is 468. The molecule has 0 radical (unpaired) electrons. The molecule has 13 heavy (non-hydrogen) atoms. The SMILES string of the molecule is Cc1cc2c(cc1Br)cc(C)n2C. The lowest BCUT2D eigenvalue weighted by Crippen LogP contribution is -1.89. The van der Waals surface area contributed by atoms with E-state index >= 15 is 0 Å². The molecule has 0 spiro atoms. The zero-order valence-electron chi connectivity index (χ0n) is 8.06. The third-order valence-electron chi connectivity index (χ3n) is 2.56. The first kappa shape index (κ1) is 8.82. The summed E-state index contributed by atoms with van der Waals surface area (Å²) in [7, 11) is 2.10. The molecule has 0 unspecified atom stereocenters. The molecule has 0 aliphatic rings. The zero-order valence-corrected chi connectivity index (χ0v) is 9.64. The number of rotatable bonds is 0. The Morgan fingerprint density at radius 2 is 1.85 bits per heavy atom. The van der Waals surface area contributed by atoms with Gasteiger partial charge in [0.25, 0.3) is 0 Å². The Labute approximate surface area is 86.5 Å². The summed E-state index contributed by atoms with van der Waals surface area (Å²) in [5.74, 6) is 0. The molecule has 0 aliphatic carbocycles. The molecular weight excluding hydrogens is 226 g/mol. The molecule has 0 aliphatic heterocycles. The third-order valence-corrected chi connectivity index (χ3v) is 3.42. The first-order valence-corrected chi connectivity index (χ1v) is 5.11. The number of aryl methyl sites for hydroxylation is 3. The second kappa shape index (κ2) is 2.88. The Morgan fingerprint density at radius 3 is 2.54 bits per heavy atom. The van der Waals surface area contributed by atoms with E-state index in [4.69, 9.17) is 0 Å². The van der Waals surface area contributed by atoms with Crippen LogP contribution in [0.25, 0.3) is 10.9 Å². The molecule has 0 fully saturated rings. The van der Waals surface area contributed by atoms with E-state index in [1.807, 2.05) is 0 Å². The number of hydrogen-bond donors (Lipinski definition) is 0. The summed E-state index contributed by atoms with van der Waals surface area (Å²) >= 11 is 3.54. The van der Waals surface area contributed by atoms with Crippen molar-refractivity contribution in [1.29, 1.82) is 0 Å². The molecule has 1 aromatic heterocycles. The maximum atomic E-state index is 3.54. The van der Waals surface area contributed by atoms with E-state index in [-0.39, 0.29) is 0 Å². The van der Waals surface area contributed by atoms with Gasteiger partial charge in [-0.05, 0) is 37.6 Å². The average molecular weight is 238 g/mol. The van der Waals surface area contributed by atoms with Crippen molar-refractivity contribution < 1.29 is 0 Å². The highest BCUT2D eigenvalue weighted by Crippen LogP contribution is 2.25. The number of fused-ring (bicyclic) bond motifs is 1. The summed E-state index contributed by atoms with van der Waals surface area (Å²) < 4.78 is 3.40. The number of halogens is 1. The Kier molecular flexibility index (Phi) is 1.95. The second-order valence-electron chi connectivity index (χ2n) is 3.50. The van der Waals surface area contributed by atoms with Gasteiger partial charge in [0.2, 0.25) is 0 Å². The molecule has 0 amide bonds. The maximum absolute atomic E-state index is 3.54. The van der Waals surface area contributed by atoms with Crippen molar-refractivity contribution in [2.24, 2.45) is 7.05 Å². The number of nitrogens with zero attached hydrogens (tertiary/aromatic N) is 1. The summed E-state index contributed by atoms with van der Waals surface area (Å²) in [6.07, 6.45) is 0. The van der Waals surface area contributed by atoms with Gasteiger partial charge < -0.3 is 4.57 Å². The van der Waals surface area contributed by atoms with Crippen LogP contribution in [-0.4, -0.2) is 4.57 Å². The van der Waals surface area contributed by atoms with Gasteiger partial charge in [0.1, 0.15) is 0 Å². The molecule has 0 N–H and O–H groups in total. The fraction of sp³-hybridized carbons (Fsp3) is 0.273. The van der Waals surface area contributed by atoms with Gasteiger partial charge in [-0.25, -0.2) is 0 Å². The van der Waals surface area contributed by atoms with Crippen LogP contribution in [0.1, 0.15) is 11.3 Å². The Balaban J connectivity index is 2.89. The third kappa shape index (κ3) is 1.29. The zero-order chi connectivity index (χ0) is 9.59. The van der Waals surface area contributed by atoms with Crippen molar-refractivity contribution in [1.82, 2.24) is 4.57 Å². The smallest absolute Gasteiger partial charge is 0.0483 e. The van der Waals surface area contributed by atoms with E-state index in [1.165, 1.54) is 26.6 Å². The van der Waals surface area contributed by atoms with E-state index in [1.54, 1.807) is 0 Å². The van der Waals surface area contributed by atoms with Crippen LogP contribution in [0, 0.1) is 13.8 Å². The van der Waals surface area contributed by atoms with Crippen molar-refractivity contribution >= 4 is 26.8 Å². The summed E-state index contributed by atoms with van der Waals surface area (Å²) in [5, 5.41) is 1.30. The van der Waals surface area contributed by atoms with Gasteiger partial charge in [0.05, 0.1) is 0 Å². The molecule has 2 heteroatoms. The van der Waals surface area contributed by atoms with E-state index in [2.05, 4.69) is 59.6 Å². The first-order chi connectivity index (χ1) is 6.09. The fourth-order valence-electron chi connectivity index (χ4n) is 1.60. The van der Waals surface area contributed by atoms with Crippen LogP contribution in [-0.2, 0) is 7.05 Å². The van der Waals surface area contributed by atoms with E-state index in [0.29, 0.717) is 0 Å². The van der Waals surface area contributed by atoms with Gasteiger partial charge in [-0.3, -0.25) is 0 Å². The lowest BCUT2D eigenvalue weighted by molar-refractivity contribution is 0.917. The highest BCUT2D eigenvalue weighted by molar-refractivity contribution is 9.10. The highest BCUT2D eigenvalue weighted by atomic mass is 79.9. The summed E-state index contributed by atoms with van der Waals surface area (Å²) in [6.45, 7) is 4.25. The molecule has 0 saturated carbocycles. The first-order valence-electron chi connectivity index (χ1n) is 4.32. The van der Waals surface area contributed by atoms with Crippen molar-refractivity contribution in [3.63, 3.8) is 0 Å². The summed E-state index contributed by atoms with van der Waals surface area (Å²) in [6, 6.07) is 6.60. The minimum absolute atomic E-state index is 1.19. The van der Waals surface area contributed by atoms with Crippen molar-refractivity contribution in [3.8, 4) is 0 Å². The molecule has 68 valence electrons. The lowest BCUT2D eigenvalue weighted by Gasteiger charge is -2.01. The molecule has 1 aromatic carbocycles. The fourth-order valence-corrected chi connectivity index (χ4v) is 1.96. The topological polar surface area (TPSA) is 4.93 Å². The van der Waals surface area contributed by atoms with Crippen LogP contribution in [0.5, 0.6) is 0 Å². The molecule has 0 saturated heterocycles. The predicted molar refractivity (Wildman–Crippen MR) is 60.1 cm³/mol. The molecule has 2 rings (SSSR count). The van der Waals surface area contributed by atoms with Gasteiger partial charge in [0.15, 0.2) is 0 Å². The minimum atomic E-state index is 1.19. The summed E-state index contributed by atoms with van der Waals surface area (Å²) in [5.41, 5.74) is 3.89. The molecule has 0 bridgehead atoms. The van der Waals surface area contributed by atoms with Crippen LogP contribution in [0.2, 0.25) is 0 Å². The van der Waals surface area contributed by atoms with Crippen LogP contribution in [0.15, 0.2) is 22.7 Å². The number of aromatic nitrogens is 1. The molecule has 1 nitrogen and oxygen atoms in total. The largest absolute Gasteiger partial charge is 0.348 e. The molecule has 0 atom stereocenters. The van der Waals surface area contributed by atoms with Crippen LogP contribution >= 0.6 is 15.9 Å². The van der Waals surface area contributed by atoms with Crippen LogP contribution in [0.3, 0.4) is 0 Å². The quantitative estimate of drug-likeness (QED) is 0.661. The van der Waals surface area contributed by atoms with E-state index in [0.717, 1.165) is 0 Å². The van der Waals surface area contributed by atoms with Crippen molar-refractivity contribution in [3.05, 3.63) is 33.9 Å². The van der Waals surface area contributed by atoms with Gasteiger partial charge in [-0.2, -0.15) is 0 Å².